The van der Waals surface area contributed by atoms with Gasteiger partial charge < -0.3 is 20.3 Å². The zero-order valence-electron chi connectivity index (χ0n) is 17.1. The van der Waals surface area contributed by atoms with Crippen molar-refractivity contribution < 1.29 is 14.9 Å². The van der Waals surface area contributed by atoms with Gasteiger partial charge in [0.1, 0.15) is 0 Å². The van der Waals surface area contributed by atoms with E-state index in [4.69, 9.17) is 4.74 Å². The molecule has 1 atom stereocenters. The van der Waals surface area contributed by atoms with Crippen LogP contribution in [0.4, 0.5) is 5.95 Å². The zero-order valence-corrected chi connectivity index (χ0v) is 17.1. The van der Waals surface area contributed by atoms with Gasteiger partial charge in [0.2, 0.25) is 5.95 Å². The van der Waals surface area contributed by atoms with Crippen molar-refractivity contribution in [3.8, 4) is 11.8 Å². The topological polar surface area (TPSA) is 133 Å². The third kappa shape index (κ3) is 4.48. The molecule has 10 heteroatoms. The minimum absolute atomic E-state index is 0.0310. The molecule has 0 saturated heterocycles. The Morgan fingerprint density at radius 2 is 2.06 bits per heavy atom. The number of hydrogen-bond donors (Lipinski definition) is 4. The molecule has 4 aromatic rings. The van der Waals surface area contributed by atoms with Crippen molar-refractivity contribution in [3.63, 3.8) is 0 Å². The van der Waals surface area contributed by atoms with Crippen LogP contribution in [0.2, 0.25) is 0 Å². The highest BCUT2D eigenvalue weighted by Crippen LogP contribution is 2.22. The number of aromatic hydroxyl groups is 2. The van der Waals surface area contributed by atoms with Crippen LogP contribution in [0, 0.1) is 0 Å². The molecule has 31 heavy (non-hydrogen) atoms. The van der Waals surface area contributed by atoms with Crippen molar-refractivity contribution in [2.75, 3.05) is 25.6 Å². The number of anilines is 1. The number of rotatable bonds is 7. The standard InChI is InChI=1S/C21H23N7O3/c1-13(14-6-4-3-5-7-14)24-20-26-18-16(10-15-11-17(29)25-19(15)30)12-23-28(18)21(27-20)22-8-9-31-2/h3-7,10-13,25,29-30H,8-9H2,1-2H3,(H,22,24,27). The second-order valence-corrected chi connectivity index (χ2v) is 6.94. The number of H-pyrrole nitrogens is 1. The molecule has 3 aromatic heterocycles. The van der Waals surface area contributed by atoms with Crippen molar-refractivity contribution in [2.45, 2.75) is 13.0 Å². The fraction of sp³-hybridized carbons (Fsp3) is 0.238. The lowest BCUT2D eigenvalue weighted by Crippen LogP contribution is -2.25. The van der Waals surface area contributed by atoms with Crippen LogP contribution >= 0.6 is 0 Å². The normalized spacial score (nSPS) is 13.7. The van der Waals surface area contributed by atoms with Crippen molar-refractivity contribution >= 4 is 17.7 Å². The first kappa shape index (κ1) is 20.4. The van der Waals surface area contributed by atoms with Gasteiger partial charge in [0, 0.05) is 24.0 Å². The number of benzene rings is 1. The van der Waals surface area contributed by atoms with E-state index in [1.165, 1.54) is 10.6 Å². The molecule has 0 amide bonds. The monoisotopic (exact) mass is 421 g/mol. The number of ether oxygens (including phenoxy) is 1. The van der Waals surface area contributed by atoms with E-state index in [0.29, 0.717) is 41.1 Å². The van der Waals surface area contributed by atoms with E-state index in [1.807, 2.05) is 37.3 Å². The highest BCUT2D eigenvalue weighted by molar-refractivity contribution is 5.61. The predicted octanol–water partition coefficient (Wildman–Crippen LogP) is 1.13. The maximum absolute atomic E-state index is 9.95. The molecule has 0 aliphatic rings. The number of aromatic nitrogens is 5. The second-order valence-electron chi connectivity index (χ2n) is 6.94. The van der Waals surface area contributed by atoms with Crippen molar-refractivity contribution in [1.29, 1.82) is 0 Å². The number of nitrogens with zero attached hydrogens (tertiary/aromatic N) is 5. The number of aromatic amines is 1. The first-order chi connectivity index (χ1) is 15.0. The molecule has 4 rings (SSSR count). The van der Waals surface area contributed by atoms with Crippen LogP contribution in [0.1, 0.15) is 24.1 Å². The lowest BCUT2D eigenvalue weighted by Gasteiger charge is -2.14. The van der Waals surface area contributed by atoms with Crippen LogP contribution in [0.5, 0.6) is 11.8 Å². The van der Waals surface area contributed by atoms with Crippen LogP contribution in [-0.2, 0) is 4.74 Å². The van der Waals surface area contributed by atoms with E-state index in [0.717, 1.165) is 5.56 Å². The Kier molecular flexibility index (Phi) is 5.80. The minimum atomic E-state index is -0.146. The van der Waals surface area contributed by atoms with Gasteiger partial charge in [0.05, 0.1) is 25.4 Å². The molecular formula is C21H23N7O3. The predicted molar refractivity (Wildman–Crippen MR) is 114 cm³/mol. The van der Waals surface area contributed by atoms with Crippen LogP contribution in [-0.4, -0.2) is 55.0 Å². The average molecular weight is 421 g/mol. The summed E-state index contributed by atoms with van der Waals surface area (Å²) >= 11 is 0. The van der Waals surface area contributed by atoms with E-state index in [-0.39, 0.29) is 17.8 Å². The second kappa shape index (κ2) is 8.84. The largest absolute Gasteiger partial charge is 0.494 e. The van der Waals surface area contributed by atoms with Crippen LogP contribution in [0.3, 0.4) is 0 Å². The van der Waals surface area contributed by atoms with Gasteiger partial charge in [-0.2, -0.15) is 19.6 Å². The summed E-state index contributed by atoms with van der Waals surface area (Å²) in [6.45, 7) is 2.89. The van der Waals surface area contributed by atoms with Gasteiger partial charge in [0.15, 0.2) is 17.4 Å². The molecular weight excluding hydrogens is 398 g/mol. The van der Waals surface area contributed by atoms with Crippen LogP contribution < -0.4 is 16.2 Å². The maximum Gasteiger partial charge on any atom is 0.251 e. The Balaban J connectivity index is 1.81. The molecule has 0 saturated carbocycles. The van der Waals surface area contributed by atoms with Crippen molar-refractivity contribution in [3.05, 3.63) is 64.6 Å². The molecule has 10 nitrogen and oxygen atoms in total. The minimum Gasteiger partial charge on any atom is -0.494 e. The summed E-state index contributed by atoms with van der Waals surface area (Å²) in [6.07, 6.45) is 3.28. The van der Waals surface area contributed by atoms with E-state index in [1.54, 1.807) is 19.4 Å². The van der Waals surface area contributed by atoms with Gasteiger partial charge in [-0.05, 0) is 18.6 Å². The number of fused-ring (bicyclic) bond motifs is 1. The van der Waals surface area contributed by atoms with E-state index in [2.05, 4.69) is 30.4 Å². The van der Waals surface area contributed by atoms with Gasteiger partial charge in [-0.25, -0.2) is 4.99 Å². The quantitative estimate of drug-likeness (QED) is 0.329. The van der Waals surface area contributed by atoms with E-state index >= 15 is 0 Å². The van der Waals surface area contributed by atoms with Gasteiger partial charge in [-0.15, -0.1) is 0 Å². The molecule has 3 heterocycles. The summed E-state index contributed by atoms with van der Waals surface area (Å²) in [7, 11) is 1.61. The molecule has 0 fully saturated rings. The maximum atomic E-state index is 9.95. The number of methoxy groups -OCH3 is 1. The zero-order chi connectivity index (χ0) is 21.8. The Bertz CT molecular complexity index is 1300. The van der Waals surface area contributed by atoms with Crippen molar-refractivity contribution in [1.82, 2.24) is 24.6 Å². The van der Waals surface area contributed by atoms with Gasteiger partial charge in [-0.1, -0.05) is 30.3 Å². The Morgan fingerprint density at radius 1 is 1.26 bits per heavy atom. The summed E-state index contributed by atoms with van der Waals surface area (Å²) in [5.41, 5.74) is 2.40. The fourth-order valence-corrected chi connectivity index (χ4v) is 3.13. The first-order valence-electron chi connectivity index (χ1n) is 9.74. The summed E-state index contributed by atoms with van der Waals surface area (Å²) in [5, 5.41) is 27.8. The van der Waals surface area contributed by atoms with E-state index in [9.17, 15) is 10.2 Å². The summed E-state index contributed by atoms with van der Waals surface area (Å²) in [6, 6.07) is 11.4. The summed E-state index contributed by atoms with van der Waals surface area (Å²) in [4.78, 5) is 16.1. The van der Waals surface area contributed by atoms with Gasteiger partial charge >= 0.3 is 0 Å². The van der Waals surface area contributed by atoms with E-state index < -0.39 is 0 Å². The summed E-state index contributed by atoms with van der Waals surface area (Å²) < 4.78 is 6.62. The lowest BCUT2D eigenvalue weighted by atomic mass is 10.1. The van der Waals surface area contributed by atoms with Crippen molar-refractivity contribution in [2.24, 2.45) is 4.99 Å². The van der Waals surface area contributed by atoms with Crippen LogP contribution in [0.25, 0.3) is 11.7 Å². The third-order valence-corrected chi connectivity index (χ3v) is 4.70. The highest BCUT2D eigenvalue weighted by Gasteiger charge is 2.11. The van der Waals surface area contributed by atoms with Crippen LogP contribution in [0.15, 0.2) is 47.6 Å². The lowest BCUT2D eigenvalue weighted by molar-refractivity contribution is 0.207. The number of nitrogens with one attached hydrogen (secondary N) is 2. The average Bonchev–Trinajstić information content (AvgIpc) is 3.31. The molecule has 160 valence electrons. The molecule has 0 bridgehead atoms. The molecule has 4 N–H and O–H groups in total. The first-order valence-corrected chi connectivity index (χ1v) is 9.74. The fourth-order valence-electron chi connectivity index (χ4n) is 3.13. The molecule has 0 radical (unpaired) electrons. The molecule has 0 spiro atoms. The molecule has 0 aliphatic heterocycles. The van der Waals surface area contributed by atoms with Gasteiger partial charge in [0.25, 0.3) is 5.62 Å². The summed E-state index contributed by atoms with van der Waals surface area (Å²) in [5.74, 6) is 0.118. The number of hydrogen-bond acceptors (Lipinski definition) is 8. The SMILES string of the molecule is COCCN=c1nc(NC(C)c2ccccc2)nc2c(=Cc3cc(O)[nH]c3O)cnn12. The Labute approximate surface area is 177 Å². The Hall–Kier alpha value is -3.92. The highest BCUT2D eigenvalue weighted by atomic mass is 16.5. The Morgan fingerprint density at radius 3 is 2.77 bits per heavy atom. The molecule has 1 unspecified atom stereocenters. The smallest absolute Gasteiger partial charge is 0.251 e. The molecule has 1 aromatic carbocycles. The molecule has 0 aliphatic carbocycles. The van der Waals surface area contributed by atoms with Gasteiger partial charge in [-0.3, -0.25) is 4.98 Å². The third-order valence-electron chi connectivity index (χ3n) is 4.70.